The third-order valence-electron chi connectivity index (χ3n) is 7.72. The van der Waals surface area contributed by atoms with E-state index in [2.05, 4.69) is 0 Å². The van der Waals surface area contributed by atoms with E-state index in [0.717, 1.165) is 9.87 Å². The van der Waals surface area contributed by atoms with E-state index in [1.54, 1.807) is 86.8 Å². The molecule has 3 aromatic rings. The number of anilines is 1. The van der Waals surface area contributed by atoms with Crippen molar-refractivity contribution in [3.63, 3.8) is 0 Å². The normalized spacial score (nSPS) is 18.9. The summed E-state index contributed by atoms with van der Waals surface area (Å²) in [6.07, 6.45) is -6.64. The van der Waals surface area contributed by atoms with Crippen molar-refractivity contribution in [3.8, 4) is 0 Å². The number of hydrogen-bond donors (Lipinski definition) is 1. The second-order valence-electron chi connectivity index (χ2n) is 11.4. The lowest BCUT2D eigenvalue weighted by atomic mass is 9.74. The van der Waals surface area contributed by atoms with Crippen molar-refractivity contribution in [3.05, 3.63) is 94.0 Å². The maximum atomic E-state index is 14.5. The Kier molecular flexibility index (Phi) is 9.93. The van der Waals surface area contributed by atoms with Crippen LogP contribution >= 0.6 is 23.4 Å². The van der Waals surface area contributed by atoms with E-state index in [9.17, 15) is 31.8 Å². The number of aliphatic hydroxyl groups is 1. The first-order valence-corrected chi connectivity index (χ1v) is 16.1. The number of aryl methyl sites for hydroxylation is 1. The van der Waals surface area contributed by atoms with Gasteiger partial charge < -0.3 is 14.4 Å². The molecule has 6 nitrogen and oxygen atoms in total. The average Bonchev–Trinajstić information content (AvgIpc) is 3.25. The number of carbonyl (C=O) groups is 1. The number of fused-ring (bicyclic) bond motifs is 1. The van der Waals surface area contributed by atoms with Crippen LogP contribution in [0.3, 0.4) is 0 Å². The van der Waals surface area contributed by atoms with Gasteiger partial charge in [0.25, 0.3) is 0 Å². The van der Waals surface area contributed by atoms with Crippen LogP contribution in [0.2, 0.25) is 5.02 Å². The molecule has 0 radical (unpaired) electrons. The lowest BCUT2D eigenvalue weighted by Crippen LogP contribution is -2.51. The lowest BCUT2D eigenvalue weighted by molar-refractivity contribution is -0.270. The second-order valence-corrected chi connectivity index (χ2v) is 13.5. The van der Waals surface area contributed by atoms with Gasteiger partial charge in [0.05, 0.1) is 6.42 Å². The van der Waals surface area contributed by atoms with Crippen molar-refractivity contribution in [2.75, 3.05) is 10.6 Å². The van der Waals surface area contributed by atoms with Gasteiger partial charge in [-0.2, -0.15) is 13.2 Å². The zero-order chi connectivity index (χ0) is 31.7. The van der Waals surface area contributed by atoms with Gasteiger partial charge in [0.2, 0.25) is 0 Å². The minimum absolute atomic E-state index is 0.0872. The summed E-state index contributed by atoms with van der Waals surface area (Å²) in [7, 11) is 0. The summed E-state index contributed by atoms with van der Waals surface area (Å²) in [5, 5.41) is 11.5. The third-order valence-corrected chi connectivity index (χ3v) is 9.49. The number of thioether (sulfide) groups is 1. The molecule has 0 heterocycles. The van der Waals surface area contributed by atoms with Crippen molar-refractivity contribution in [1.29, 1.82) is 0 Å². The van der Waals surface area contributed by atoms with Crippen LogP contribution in [0.25, 0.3) is 0 Å². The lowest BCUT2D eigenvalue weighted by Gasteiger charge is -2.39. The smallest absolute Gasteiger partial charge is 0.417 e. The predicted molar refractivity (Wildman–Crippen MR) is 162 cm³/mol. The SMILES string of the molecule is CSc1cc(Cl)ccc1C(C)(C)CC(O)(CC(=O)OC1Cc2ccccc2C1N(c1ccc(C)cc1)S(=O)[O-])C(F)(F)F. The Bertz CT molecular complexity index is 1500. The first kappa shape index (κ1) is 33.3. The number of ether oxygens (including phenoxy) is 1. The zero-order valence-corrected chi connectivity index (χ0v) is 26.4. The number of hydrogen-bond acceptors (Lipinski definition) is 6. The molecule has 0 aliphatic heterocycles. The van der Waals surface area contributed by atoms with Gasteiger partial charge >= 0.3 is 12.1 Å². The maximum Gasteiger partial charge on any atom is 0.417 e. The number of carbonyl (C=O) groups excluding carboxylic acids is 1. The standard InChI is InChI=1S/C31H33ClF3NO5S2/c1-19-9-12-22(13-10-19)36(43(39)40)28-23-8-6-5-7-20(23)15-25(28)41-27(37)17-30(38,31(33,34)35)18-29(2,3)24-14-11-21(32)16-26(24)42-4/h5-14,16,25,28,38H,15,17-18H2,1-4H3,(H,39,40)/p-1. The van der Waals surface area contributed by atoms with Gasteiger partial charge in [-0.1, -0.05) is 73.5 Å². The zero-order valence-electron chi connectivity index (χ0n) is 24.0. The van der Waals surface area contributed by atoms with Crippen molar-refractivity contribution >= 4 is 46.3 Å². The first-order chi connectivity index (χ1) is 20.1. The molecule has 4 atom stereocenters. The molecule has 0 saturated carbocycles. The van der Waals surface area contributed by atoms with Gasteiger partial charge in [-0.05, 0) is 66.0 Å². The number of benzene rings is 3. The van der Waals surface area contributed by atoms with Crippen LogP contribution in [0.5, 0.6) is 0 Å². The van der Waals surface area contributed by atoms with E-state index >= 15 is 0 Å². The quantitative estimate of drug-likeness (QED) is 0.141. The molecule has 0 saturated heterocycles. The molecule has 232 valence electrons. The van der Waals surface area contributed by atoms with Gasteiger partial charge in [0.1, 0.15) is 12.1 Å². The molecule has 0 fully saturated rings. The molecule has 0 aromatic heterocycles. The maximum absolute atomic E-state index is 14.5. The minimum atomic E-state index is -5.17. The van der Waals surface area contributed by atoms with E-state index in [-0.39, 0.29) is 6.42 Å². The Morgan fingerprint density at radius 2 is 1.79 bits per heavy atom. The summed E-state index contributed by atoms with van der Waals surface area (Å²) >= 11 is 4.58. The fourth-order valence-corrected chi connectivity index (χ4v) is 7.49. The Labute approximate surface area is 261 Å². The molecule has 0 bridgehead atoms. The summed E-state index contributed by atoms with van der Waals surface area (Å²) in [5.41, 5.74) is -1.63. The molecule has 12 heteroatoms. The molecule has 1 N–H and O–H groups in total. The third kappa shape index (κ3) is 7.23. The number of alkyl halides is 3. The second kappa shape index (κ2) is 12.8. The fraction of sp³-hybridized carbons (Fsp3) is 0.387. The fourth-order valence-electron chi connectivity index (χ4n) is 5.71. The summed E-state index contributed by atoms with van der Waals surface area (Å²) < 4.78 is 75.2. The molecule has 0 amide bonds. The molecule has 1 aliphatic rings. The monoisotopic (exact) mass is 654 g/mol. The van der Waals surface area contributed by atoms with Crippen molar-refractivity contribution in [2.45, 2.75) is 74.3 Å². The summed E-state index contributed by atoms with van der Waals surface area (Å²) in [6, 6.07) is 17.4. The number of esters is 1. The van der Waals surface area contributed by atoms with Crippen LogP contribution in [0, 0.1) is 6.92 Å². The number of rotatable bonds is 10. The summed E-state index contributed by atoms with van der Waals surface area (Å²) in [6.45, 7) is 4.96. The highest BCUT2D eigenvalue weighted by atomic mass is 35.5. The first-order valence-electron chi connectivity index (χ1n) is 13.4. The van der Waals surface area contributed by atoms with E-state index in [4.69, 9.17) is 16.3 Å². The van der Waals surface area contributed by atoms with Gasteiger partial charge in [0, 0.05) is 33.3 Å². The Morgan fingerprint density at radius 1 is 1.14 bits per heavy atom. The highest BCUT2D eigenvalue weighted by Crippen LogP contribution is 2.46. The van der Waals surface area contributed by atoms with Gasteiger partial charge in [0.15, 0.2) is 5.60 Å². The van der Waals surface area contributed by atoms with E-state index in [1.807, 2.05) is 6.92 Å². The van der Waals surface area contributed by atoms with Crippen LogP contribution in [0.4, 0.5) is 18.9 Å². The molecular formula is C31H32ClF3NO5S2-. The predicted octanol–water partition coefficient (Wildman–Crippen LogP) is 7.23. The van der Waals surface area contributed by atoms with Gasteiger partial charge in [-0.15, -0.1) is 11.8 Å². The summed E-state index contributed by atoms with van der Waals surface area (Å²) in [5.74, 6) is -1.29. The van der Waals surface area contributed by atoms with E-state index in [1.165, 1.54) is 11.8 Å². The molecule has 4 unspecified atom stereocenters. The average molecular weight is 655 g/mol. The summed E-state index contributed by atoms with van der Waals surface area (Å²) in [4.78, 5) is 13.9. The van der Waals surface area contributed by atoms with Crippen LogP contribution in [-0.4, -0.2) is 44.0 Å². The minimum Gasteiger partial charge on any atom is -0.755 e. The topological polar surface area (TPSA) is 89.9 Å². The number of halogens is 4. The largest absolute Gasteiger partial charge is 0.755 e. The molecule has 3 aromatic carbocycles. The van der Waals surface area contributed by atoms with Crippen molar-refractivity contribution < 1.29 is 36.6 Å². The molecular weight excluding hydrogens is 623 g/mol. The highest BCUT2D eigenvalue weighted by molar-refractivity contribution is 7.98. The highest BCUT2D eigenvalue weighted by Gasteiger charge is 2.57. The Morgan fingerprint density at radius 3 is 2.40 bits per heavy atom. The van der Waals surface area contributed by atoms with Gasteiger partial charge in [-0.3, -0.25) is 13.3 Å². The van der Waals surface area contributed by atoms with Crippen molar-refractivity contribution in [1.82, 2.24) is 0 Å². The molecule has 0 spiro atoms. The Hall–Kier alpha value is -2.57. The van der Waals surface area contributed by atoms with Crippen LogP contribution in [0.15, 0.2) is 71.6 Å². The van der Waals surface area contributed by atoms with Gasteiger partial charge in [-0.25, -0.2) is 0 Å². The van der Waals surface area contributed by atoms with Crippen LogP contribution < -0.4 is 4.31 Å². The molecule has 4 rings (SSSR count). The van der Waals surface area contributed by atoms with E-state index < -0.39 is 59.4 Å². The van der Waals surface area contributed by atoms with Crippen LogP contribution in [0.1, 0.15) is 55.0 Å². The van der Waals surface area contributed by atoms with E-state index in [0.29, 0.717) is 32.3 Å². The molecule has 1 aliphatic carbocycles. The Balaban J connectivity index is 1.64. The number of nitrogens with zero attached hydrogens (tertiary/aromatic N) is 1. The van der Waals surface area contributed by atoms with Crippen LogP contribution in [-0.2, 0) is 32.6 Å². The molecule has 43 heavy (non-hydrogen) atoms. The van der Waals surface area contributed by atoms with Crippen molar-refractivity contribution in [2.24, 2.45) is 0 Å².